The third-order valence-electron chi connectivity index (χ3n) is 6.50. The van der Waals surface area contributed by atoms with Gasteiger partial charge < -0.3 is 15.0 Å². The van der Waals surface area contributed by atoms with E-state index in [9.17, 15) is 18.0 Å². The fourth-order valence-electron chi connectivity index (χ4n) is 4.28. The van der Waals surface area contributed by atoms with E-state index < -0.39 is 28.5 Å². The van der Waals surface area contributed by atoms with Crippen molar-refractivity contribution in [2.75, 3.05) is 24.5 Å². The van der Waals surface area contributed by atoms with E-state index in [4.69, 9.17) is 27.9 Å². The van der Waals surface area contributed by atoms with Gasteiger partial charge in [-0.1, -0.05) is 66.9 Å². The largest absolute Gasteiger partial charge is 0.495 e. The van der Waals surface area contributed by atoms with Gasteiger partial charge in [-0.3, -0.25) is 13.9 Å². The summed E-state index contributed by atoms with van der Waals surface area (Å²) in [4.78, 5) is 28.7. The number of aryl methyl sites for hydroxylation is 1. The molecule has 0 heterocycles. The lowest BCUT2D eigenvalue weighted by Gasteiger charge is -2.33. The summed E-state index contributed by atoms with van der Waals surface area (Å²) < 4.78 is 34.6. The van der Waals surface area contributed by atoms with Gasteiger partial charge in [-0.05, 0) is 67.8 Å². The van der Waals surface area contributed by atoms with Gasteiger partial charge >= 0.3 is 0 Å². The van der Waals surface area contributed by atoms with Gasteiger partial charge in [-0.25, -0.2) is 8.42 Å². The maximum absolute atomic E-state index is 14.1. The predicted molar refractivity (Wildman–Crippen MR) is 163 cm³/mol. The Bertz CT molecular complexity index is 1450. The average molecular weight is 621 g/mol. The number of ether oxygens (including phenoxy) is 1. The first-order valence-electron chi connectivity index (χ1n) is 13.3. The van der Waals surface area contributed by atoms with Gasteiger partial charge in [-0.15, -0.1) is 0 Å². The van der Waals surface area contributed by atoms with Crippen LogP contribution >= 0.6 is 23.2 Å². The highest BCUT2D eigenvalue weighted by Gasteiger charge is 2.34. The standard InChI is InChI=1S/C30H35Cl2N3O5S/c1-5-17-33-30(37)26(6-2)34(19-22-9-11-23(31)12-10-22)29(36)20-35(27-18-24(32)13-16-28(27)40-4)41(38,39)25-14-7-21(3)8-15-25/h7-16,18,26H,5-6,17,19-20H2,1-4H3,(H,33,37)/t26-/m0/s1. The van der Waals surface area contributed by atoms with Gasteiger partial charge in [0.1, 0.15) is 18.3 Å². The van der Waals surface area contributed by atoms with Crippen LogP contribution in [0.5, 0.6) is 5.75 Å². The zero-order valence-electron chi connectivity index (χ0n) is 23.6. The Labute approximate surface area is 252 Å². The molecule has 0 fully saturated rings. The molecule has 0 saturated heterocycles. The van der Waals surface area contributed by atoms with E-state index in [-0.39, 0.29) is 33.8 Å². The number of hydrogen-bond acceptors (Lipinski definition) is 5. The zero-order valence-corrected chi connectivity index (χ0v) is 25.9. The number of nitrogens with one attached hydrogen (secondary N) is 1. The summed E-state index contributed by atoms with van der Waals surface area (Å²) in [7, 11) is -2.86. The van der Waals surface area contributed by atoms with Crippen LogP contribution in [0.15, 0.2) is 71.6 Å². The summed E-state index contributed by atoms with van der Waals surface area (Å²) in [6, 6.07) is 17.0. The third kappa shape index (κ3) is 8.15. The number of methoxy groups -OCH3 is 1. The molecule has 3 rings (SSSR count). The van der Waals surface area contributed by atoms with E-state index in [0.717, 1.165) is 21.9 Å². The molecule has 11 heteroatoms. The van der Waals surface area contributed by atoms with Crippen molar-refractivity contribution in [3.05, 3.63) is 87.9 Å². The number of nitrogens with zero attached hydrogens (tertiary/aromatic N) is 2. The molecule has 0 bridgehead atoms. The van der Waals surface area contributed by atoms with Crippen LogP contribution in [0.1, 0.15) is 37.8 Å². The molecule has 3 aromatic carbocycles. The minimum absolute atomic E-state index is 0.00471. The van der Waals surface area contributed by atoms with Crippen LogP contribution in [0.4, 0.5) is 5.69 Å². The molecule has 0 aromatic heterocycles. The molecule has 0 aliphatic carbocycles. The molecule has 0 spiro atoms. The monoisotopic (exact) mass is 619 g/mol. The first-order valence-corrected chi connectivity index (χ1v) is 15.5. The maximum Gasteiger partial charge on any atom is 0.264 e. The Morgan fingerprint density at radius 3 is 2.17 bits per heavy atom. The normalized spacial score (nSPS) is 12.0. The minimum Gasteiger partial charge on any atom is -0.495 e. The van der Waals surface area contributed by atoms with E-state index in [1.165, 1.54) is 30.2 Å². The minimum atomic E-state index is -4.26. The second-order valence-electron chi connectivity index (χ2n) is 9.50. The van der Waals surface area contributed by atoms with E-state index >= 15 is 0 Å². The number of amides is 2. The van der Waals surface area contributed by atoms with Gasteiger partial charge in [0.15, 0.2) is 0 Å². The molecule has 1 N–H and O–H groups in total. The first kappa shape index (κ1) is 32.2. The Morgan fingerprint density at radius 2 is 1.59 bits per heavy atom. The average Bonchev–Trinajstić information content (AvgIpc) is 2.95. The summed E-state index contributed by atoms with van der Waals surface area (Å²) in [6.45, 7) is 5.51. The number of hydrogen-bond donors (Lipinski definition) is 1. The molecular formula is C30H35Cl2N3O5S. The molecule has 0 aliphatic rings. The number of carbonyl (C=O) groups excluding carboxylic acids is 2. The van der Waals surface area contributed by atoms with Crippen molar-refractivity contribution in [2.24, 2.45) is 0 Å². The predicted octanol–water partition coefficient (Wildman–Crippen LogP) is 5.84. The molecule has 2 amide bonds. The summed E-state index contributed by atoms with van der Waals surface area (Å²) in [5.41, 5.74) is 1.71. The fourth-order valence-corrected chi connectivity index (χ4v) is 5.99. The molecule has 0 aliphatic heterocycles. The Kier molecular flexibility index (Phi) is 11.5. The summed E-state index contributed by atoms with van der Waals surface area (Å²) in [6.07, 6.45) is 1.05. The number of halogens is 2. The van der Waals surface area contributed by atoms with Crippen LogP contribution < -0.4 is 14.4 Å². The van der Waals surface area contributed by atoms with E-state index in [2.05, 4.69) is 5.32 Å². The van der Waals surface area contributed by atoms with Crippen molar-refractivity contribution in [3.8, 4) is 5.75 Å². The Balaban J connectivity index is 2.11. The molecule has 8 nitrogen and oxygen atoms in total. The van der Waals surface area contributed by atoms with Crippen molar-refractivity contribution in [1.29, 1.82) is 0 Å². The van der Waals surface area contributed by atoms with E-state index in [1.54, 1.807) is 55.5 Å². The molecule has 41 heavy (non-hydrogen) atoms. The van der Waals surface area contributed by atoms with Gasteiger partial charge in [0.05, 0.1) is 17.7 Å². The molecule has 0 radical (unpaired) electrons. The molecular weight excluding hydrogens is 585 g/mol. The topological polar surface area (TPSA) is 96.0 Å². The number of sulfonamides is 1. The van der Waals surface area contributed by atoms with Crippen molar-refractivity contribution >= 4 is 50.7 Å². The van der Waals surface area contributed by atoms with Crippen LogP contribution in [0, 0.1) is 6.92 Å². The van der Waals surface area contributed by atoms with Crippen LogP contribution in [-0.2, 0) is 26.2 Å². The molecule has 3 aromatic rings. The second kappa shape index (κ2) is 14.6. The molecule has 0 unspecified atom stereocenters. The molecule has 220 valence electrons. The van der Waals surface area contributed by atoms with Crippen molar-refractivity contribution < 1.29 is 22.7 Å². The lowest BCUT2D eigenvalue weighted by Crippen LogP contribution is -2.52. The summed E-state index contributed by atoms with van der Waals surface area (Å²) >= 11 is 12.3. The number of carbonyl (C=O) groups is 2. The highest BCUT2D eigenvalue weighted by Crippen LogP contribution is 2.35. The number of rotatable bonds is 13. The third-order valence-corrected chi connectivity index (χ3v) is 8.76. The second-order valence-corrected chi connectivity index (χ2v) is 12.2. The zero-order chi connectivity index (χ0) is 30.2. The summed E-state index contributed by atoms with van der Waals surface area (Å²) in [5.74, 6) is -0.670. The SMILES string of the molecule is CCCNC(=O)[C@H](CC)N(Cc1ccc(Cl)cc1)C(=O)CN(c1cc(Cl)ccc1OC)S(=O)(=O)c1ccc(C)cc1. The van der Waals surface area contributed by atoms with Crippen molar-refractivity contribution in [2.45, 2.75) is 51.1 Å². The lowest BCUT2D eigenvalue weighted by atomic mass is 10.1. The highest BCUT2D eigenvalue weighted by molar-refractivity contribution is 7.92. The molecule has 0 saturated carbocycles. The van der Waals surface area contributed by atoms with Crippen LogP contribution in [-0.4, -0.2) is 51.4 Å². The van der Waals surface area contributed by atoms with Gasteiger partial charge in [0.25, 0.3) is 10.0 Å². The fraction of sp³-hybridized carbons (Fsp3) is 0.333. The van der Waals surface area contributed by atoms with Gasteiger partial charge in [0, 0.05) is 23.1 Å². The quantitative estimate of drug-likeness (QED) is 0.259. The lowest BCUT2D eigenvalue weighted by molar-refractivity contribution is -0.140. The maximum atomic E-state index is 14.1. The number of benzene rings is 3. The van der Waals surface area contributed by atoms with Crippen LogP contribution in [0.25, 0.3) is 0 Å². The smallest absolute Gasteiger partial charge is 0.264 e. The highest BCUT2D eigenvalue weighted by atomic mass is 35.5. The van der Waals surface area contributed by atoms with Crippen molar-refractivity contribution in [1.82, 2.24) is 10.2 Å². The Hall–Kier alpha value is -3.27. The van der Waals surface area contributed by atoms with E-state index in [0.29, 0.717) is 18.0 Å². The summed E-state index contributed by atoms with van der Waals surface area (Å²) in [5, 5.41) is 3.66. The van der Waals surface area contributed by atoms with Gasteiger partial charge in [0.2, 0.25) is 11.8 Å². The van der Waals surface area contributed by atoms with Gasteiger partial charge in [-0.2, -0.15) is 0 Å². The van der Waals surface area contributed by atoms with Crippen LogP contribution in [0.2, 0.25) is 10.0 Å². The first-order chi connectivity index (χ1) is 19.5. The van der Waals surface area contributed by atoms with Crippen LogP contribution in [0.3, 0.4) is 0 Å². The molecule has 1 atom stereocenters. The Morgan fingerprint density at radius 1 is 0.951 bits per heavy atom. The van der Waals surface area contributed by atoms with Crippen molar-refractivity contribution in [3.63, 3.8) is 0 Å². The number of anilines is 1. The van der Waals surface area contributed by atoms with E-state index in [1.807, 2.05) is 13.8 Å².